The predicted molar refractivity (Wildman–Crippen MR) is 76.6 cm³/mol. The second-order valence-electron chi connectivity index (χ2n) is 2.88. The first kappa shape index (κ1) is 18.7. The number of rotatable bonds is 3. The SMILES string of the molecule is C=CC(=O)O.C=CC(=O)OC.C=Cc1ccccc1. The van der Waals surface area contributed by atoms with Gasteiger partial charge in [-0.25, -0.2) is 9.59 Å². The van der Waals surface area contributed by atoms with Gasteiger partial charge in [-0.15, -0.1) is 0 Å². The number of carbonyl (C=O) groups excluding carboxylic acids is 1. The number of carboxylic acids is 1. The van der Waals surface area contributed by atoms with Crippen LogP contribution in [0.4, 0.5) is 0 Å². The van der Waals surface area contributed by atoms with Gasteiger partial charge in [0.05, 0.1) is 7.11 Å². The Kier molecular flexibility index (Phi) is 13.3. The minimum Gasteiger partial charge on any atom is -0.478 e. The molecule has 0 aromatic heterocycles. The molecule has 0 amide bonds. The molecule has 0 unspecified atom stereocenters. The molecule has 1 N–H and O–H groups in total. The Hall–Kier alpha value is -2.62. The van der Waals surface area contributed by atoms with Crippen molar-refractivity contribution in [2.24, 2.45) is 0 Å². The lowest BCUT2D eigenvalue weighted by molar-refractivity contribution is -0.135. The van der Waals surface area contributed by atoms with Gasteiger partial charge in [-0.2, -0.15) is 0 Å². The number of methoxy groups -OCH3 is 1. The van der Waals surface area contributed by atoms with E-state index in [-0.39, 0.29) is 0 Å². The minimum absolute atomic E-state index is 0.394. The maximum atomic E-state index is 9.84. The molecule has 4 nitrogen and oxygen atoms in total. The summed E-state index contributed by atoms with van der Waals surface area (Å²) in [5.41, 5.74) is 1.17. The normalized spacial score (nSPS) is 7.42. The molecule has 0 saturated carbocycles. The van der Waals surface area contributed by atoms with Crippen LogP contribution in [0.3, 0.4) is 0 Å². The zero-order chi connectivity index (χ0) is 15.1. The highest BCUT2D eigenvalue weighted by atomic mass is 16.5. The second kappa shape index (κ2) is 13.4. The molecule has 1 aromatic carbocycles. The van der Waals surface area contributed by atoms with Crippen LogP contribution in [0, 0.1) is 0 Å². The molecule has 1 aromatic rings. The minimum atomic E-state index is -0.981. The van der Waals surface area contributed by atoms with E-state index in [1.54, 1.807) is 0 Å². The average molecular weight is 262 g/mol. The summed E-state index contributed by atoms with van der Waals surface area (Å²) in [6.45, 7) is 9.75. The average Bonchev–Trinajstić information content (AvgIpc) is 2.48. The fraction of sp³-hybridized carbons (Fsp3) is 0.0667. The molecule has 0 fully saturated rings. The van der Waals surface area contributed by atoms with Crippen molar-refractivity contribution in [3.63, 3.8) is 0 Å². The van der Waals surface area contributed by atoms with Crippen LogP contribution in [0.15, 0.2) is 62.2 Å². The Morgan fingerprint density at radius 1 is 1.11 bits per heavy atom. The smallest absolute Gasteiger partial charge is 0.329 e. The molecule has 19 heavy (non-hydrogen) atoms. The van der Waals surface area contributed by atoms with Gasteiger partial charge in [0.15, 0.2) is 0 Å². The number of ether oxygens (including phenoxy) is 1. The van der Waals surface area contributed by atoms with Gasteiger partial charge in [0.2, 0.25) is 0 Å². The maximum Gasteiger partial charge on any atom is 0.329 e. The van der Waals surface area contributed by atoms with Crippen molar-refractivity contribution in [2.45, 2.75) is 0 Å². The highest BCUT2D eigenvalue weighted by molar-refractivity contribution is 5.80. The first-order valence-electron chi connectivity index (χ1n) is 5.25. The van der Waals surface area contributed by atoms with E-state index in [1.807, 2.05) is 36.4 Å². The second-order valence-corrected chi connectivity index (χ2v) is 2.88. The molecule has 0 heterocycles. The molecule has 102 valence electrons. The van der Waals surface area contributed by atoms with Gasteiger partial charge in [-0.05, 0) is 5.56 Å². The summed E-state index contributed by atoms with van der Waals surface area (Å²) in [6.07, 6.45) is 3.78. The summed E-state index contributed by atoms with van der Waals surface area (Å²) in [7, 11) is 1.31. The Morgan fingerprint density at radius 3 is 1.74 bits per heavy atom. The van der Waals surface area contributed by atoms with Crippen molar-refractivity contribution in [3.8, 4) is 0 Å². The Balaban J connectivity index is 0. The summed E-state index contributed by atoms with van der Waals surface area (Å²) in [4.78, 5) is 19.1. The van der Waals surface area contributed by atoms with E-state index in [1.165, 1.54) is 12.7 Å². The van der Waals surface area contributed by atoms with Gasteiger partial charge in [-0.1, -0.05) is 56.1 Å². The number of esters is 1. The molecule has 0 spiro atoms. The molecular formula is C15H18O4. The molecule has 0 atom stereocenters. The monoisotopic (exact) mass is 262 g/mol. The van der Waals surface area contributed by atoms with E-state index >= 15 is 0 Å². The molecule has 1 rings (SSSR count). The van der Waals surface area contributed by atoms with Crippen molar-refractivity contribution in [2.75, 3.05) is 7.11 Å². The predicted octanol–water partition coefficient (Wildman–Crippen LogP) is 2.93. The van der Waals surface area contributed by atoms with Gasteiger partial charge in [0.1, 0.15) is 0 Å². The standard InChI is InChI=1S/C8H8.C4H6O2.C3H4O2/c1-2-8-6-4-3-5-7-8;1-3-4(5)6-2;1-2-3(4)5/h2-7H,1H2;3H,1H2,2H3;2H,1H2,(H,4,5). The molecule has 0 radical (unpaired) electrons. The quantitative estimate of drug-likeness (QED) is 0.672. The lowest BCUT2D eigenvalue weighted by atomic mass is 10.2. The third-order valence-corrected chi connectivity index (χ3v) is 1.58. The van der Waals surface area contributed by atoms with Crippen LogP contribution < -0.4 is 0 Å². The molecule has 0 bridgehead atoms. The number of hydrogen-bond acceptors (Lipinski definition) is 3. The Morgan fingerprint density at radius 2 is 1.58 bits per heavy atom. The fourth-order valence-corrected chi connectivity index (χ4v) is 0.672. The number of carbonyl (C=O) groups is 2. The maximum absolute atomic E-state index is 9.84. The van der Waals surface area contributed by atoms with E-state index < -0.39 is 11.9 Å². The van der Waals surface area contributed by atoms with Crippen molar-refractivity contribution in [3.05, 3.63) is 67.8 Å². The van der Waals surface area contributed by atoms with Crippen LogP contribution in [-0.4, -0.2) is 24.2 Å². The van der Waals surface area contributed by atoms with Crippen LogP contribution in [-0.2, 0) is 14.3 Å². The van der Waals surface area contributed by atoms with E-state index in [2.05, 4.69) is 24.5 Å². The topological polar surface area (TPSA) is 63.6 Å². The summed E-state index contributed by atoms with van der Waals surface area (Å²) in [5, 5.41) is 7.60. The van der Waals surface area contributed by atoms with Crippen molar-refractivity contribution >= 4 is 18.0 Å². The van der Waals surface area contributed by atoms with Gasteiger partial charge < -0.3 is 9.84 Å². The highest BCUT2D eigenvalue weighted by Gasteiger charge is 1.82. The lowest BCUT2D eigenvalue weighted by Crippen LogP contribution is -1.91. The van der Waals surface area contributed by atoms with Gasteiger partial charge in [0.25, 0.3) is 0 Å². The van der Waals surface area contributed by atoms with Crippen molar-refractivity contribution < 1.29 is 19.4 Å². The Labute approximate surface area is 113 Å². The van der Waals surface area contributed by atoms with Gasteiger partial charge in [-0.3, -0.25) is 0 Å². The van der Waals surface area contributed by atoms with E-state index in [4.69, 9.17) is 5.11 Å². The first-order chi connectivity index (χ1) is 9.01. The first-order valence-corrected chi connectivity index (χ1v) is 5.25. The number of hydrogen-bond donors (Lipinski definition) is 1. The van der Waals surface area contributed by atoms with Gasteiger partial charge >= 0.3 is 11.9 Å². The zero-order valence-corrected chi connectivity index (χ0v) is 10.9. The summed E-state index contributed by atoms with van der Waals surface area (Å²) < 4.78 is 4.14. The summed E-state index contributed by atoms with van der Waals surface area (Å²) >= 11 is 0. The zero-order valence-electron chi connectivity index (χ0n) is 10.9. The molecule has 0 aliphatic carbocycles. The molecule has 0 aliphatic rings. The lowest BCUT2D eigenvalue weighted by Gasteiger charge is -1.85. The van der Waals surface area contributed by atoms with Crippen molar-refractivity contribution in [1.29, 1.82) is 0 Å². The van der Waals surface area contributed by atoms with E-state index in [9.17, 15) is 9.59 Å². The number of carboxylic acid groups (broad SMARTS) is 1. The Bertz CT molecular complexity index is 407. The summed E-state index contributed by atoms with van der Waals surface area (Å²) in [5.74, 6) is -1.37. The van der Waals surface area contributed by atoms with Crippen LogP contribution in [0.25, 0.3) is 6.08 Å². The molecule has 4 heteroatoms. The van der Waals surface area contributed by atoms with E-state index in [0.717, 1.165) is 12.2 Å². The van der Waals surface area contributed by atoms with Crippen LogP contribution in [0.5, 0.6) is 0 Å². The number of benzene rings is 1. The van der Waals surface area contributed by atoms with Crippen LogP contribution >= 0.6 is 0 Å². The fourth-order valence-electron chi connectivity index (χ4n) is 0.672. The third kappa shape index (κ3) is 15.4. The van der Waals surface area contributed by atoms with Crippen LogP contribution in [0.1, 0.15) is 5.56 Å². The van der Waals surface area contributed by atoms with Gasteiger partial charge in [0, 0.05) is 12.2 Å². The highest BCUT2D eigenvalue weighted by Crippen LogP contribution is 1.97. The third-order valence-electron chi connectivity index (χ3n) is 1.58. The largest absolute Gasteiger partial charge is 0.478 e. The molecule has 0 aliphatic heterocycles. The van der Waals surface area contributed by atoms with E-state index in [0.29, 0.717) is 0 Å². The number of aliphatic carboxylic acids is 1. The molecular weight excluding hydrogens is 244 g/mol. The van der Waals surface area contributed by atoms with Crippen molar-refractivity contribution in [1.82, 2.24) is 0 Å². The van der Waals surface area contributed by atoms with Crippen LogP contribution in [0.2, 0.25) is 0 Å². The molecule has 0 saturated heterocycles. The summed E-state index contributed by atoms with van der Waals surface area (Å²) in [6, 6.07) is 10.0.